The number of rotatable bonds is 3. The number of hydrogen-bond acceptors (Lipinski definition) is 4. The van der Waals surface area contributed by atoms with Crippen molar-refractivity contribution in [3.8, 4) is 11.3 Å². The van der Waals surface area contributed by atoms with Gasteiger partial charge in [-0.2, -0.15) is 0 Å². The average molecular weight is 321 g/mol. The van der Waals surface area contributed by atoms with Gasteiger partial charge in [0.15, 0.2) is 5.82 Å². The largest absolute Gasteiger partial charge is 0.478 e. The van der Waals surface area contributed by atoms with E-state index >= 15 is 0 Å². The molecule has 0 saturated heterocycles. The van der Waals surface area contributed by atoms with E-state index in [1.165, 1.54) is 0 Å². The Kier molecular flexibility index (Phi) is 3.02. The lowest BCUT2D eigenvalue weighted by atomic mass is 10.1. The summed E-state index contributed by atoms with van der Waals surface area (Å²) < 4.78 is 1.95. The van der Waals surface area contributed by atoms with E-state index in [9.17, 15) is 9.90 Å². The number of hydrogen-bond donors (Lipinski definition) is 3. The summed E-state index contributed by atoms with van der Waals surface area (Å²) in [5.41, 5.74) is 4.37. The number of benzene rings is 1. The van der Waals surface area contributed by atoms with Crippen molar-refractivity contribution in [1.29, 1.82) is 0 Å². The number of carboxylic acid groups (broad SMARTS) is 1. The standard InChI is InChI=1S/C17H15N5O2/c1-18-16-13-14(22(2)8-19-13)11-7-12(20-15(11)21-16)9-4-3-5-10(6-9)17(23)24/h3-8H,1-2H3,(H,23,24)(H2,18,20,21). The molecule has 24 heavy (non-hydrogen) atoms. The van der Waals surface area contributed by atoms with Crippen molar-refractivity contribution >= 4 is 33.9 Å². The van der Waals surface area contributed by atoms with Crippen molar-refractivity contribution in [2.45, 2.75) is 0 Å². The Morgan fingerprint density at radius 2 is 2.17 bits per heavy atom. The molecule has 3 N–H and O–H groups in total. The fraction of sp³-hybridized carbons (Fsp3) is 0.118. The summed E-state index contributed by atoms with van der Waals surface area (Å²) in [5, 5.41) is 13.2. The number of imidazole rings is 1. The molecule has 0 unspecified atom stereocenters. The molecular formula is C17H15N5O2. The van der Waals surface area contributed by atoms with Crippen LogP contribution in [0.15, 0.2) is 36.7 Å². The second-order valence-corrected chi connectivity index (χ2v) is 5.59. The molecule has 0 bridgehead atoms. The van der Waals surface area contributed by atoms with Crippen LogP contribution in [0, 0.1) is 0 Å². The Morgan fingerprint density at radius 1 is 1.33 bits per heavy atom. The fourth-order valence-electron chi connectivity index (χ4n) is 2.95. The van der Waals surface area contributed by atoms with Crippen LogP contribution in [-0.4, -0.2) is 37.6 Å². The van der Waals surface area contributed by atoms with Gasteiger partial charge in [-0.25, -0.2) is 14.8 Å². The number of anilines is 1. The maximum Gasteiger partial charge on any atom is 0.335 e. The number of carboxylic acids is 1. The number of aryl methyl sites for hydroxylation is 1. The highest BCUT2D eigenvalue weighted by atomic mass is 16.4. The normalized spacial score (nSPS) is 11.2. The van der Waals surface area contributed by atoms with Gasteiger partial charge in [0.2, 0.25) is 0 Å². The van der Waals surface area contributed by atoms with Gasteiger partial charge in [-0.05, 0) is 23.8 Å². The molecule has 0 aliphatic carbocycles. The molecule has 0 radical (unpaired) electrons. The fourth-order valence-corrected chi connectivity index (χ4v) is 2.95. The summed E-state index contributed by atoms with van der Waals surface area (Å²) in [6.07, 6.45) is 1.75. The lowest BCUT2D eigenvalue weighted by Crippen LogP contribution is -1.96. The molecule has 3 heterocycles. The van der Waals surface area contributed by atoms with Gasteiger partial charge in [0, 0.05) is 25.2 Å². The van der Waals surface area contributed by atoms with E-state index in [2.05, 4.69) is 20.3 Å². The number of pyridine rings is 1. The molecule has 0 saturated carbocycles. The highest BCUT2D eigenvalue weighted by molar-refractivity contribution is 6.07. The number of fused-ring (bicyclic) bond motifs is 3. The average Bonchev–Trinajstić information content (AvgIpc) is 3.17. The third-order valence-corrected chi connectivity index (χ3v) is 4.09. The number of aromatic nitrogens is 4. The van der Waals surface area contributed by atoms with E-state index in [-0.39, 0.29) is 5.56 Å². The quantitative estimate of drug-likeness (QED) is 0.539. The molecule has 1 aromatic carbocycles. The number of carbonyl (C=O) groups is 1. The highest BCUT2D eigenvalue weighted by Gasteiger charge is 2.15. The van der Waals surface area contributed by atoms with Crippen LogP contribution in [0.5, 0.6) is 0 Å². The summed E-state index contributed by atoms with van der Waals surface area (Å²) in [6.45, 7) is 0. The summed E-state index contributed by atoms with van der Waals surface area (Å²) in [4.78, 5) is 23.4. The Bertz CT molecular complexity index is 1090. The number of nitrogens with one attached hydrogen (secondary N) is 2. The summed E-state index contributed by atoms with van der Waals surface area (Å²) in [6, 6.07) is 8.80. The number of H-pyrrole nitrogens is 1. The van der Waals surface area contributed by atoms with Crippen molar-refractivity contribution in [1.82, 2.24) is 19.5 Å². The first-order chi connectivity index (χ1) is 11.6. The number of nitrogens with zero attached hydrogens (tertiary/aromatic N) is 3. The molecular weight excluding hydrogens is 306 g/mol. The minimum atomic E-state index is -0.947. The van der Waals surface area contributed by atoms with E-state index < -0.39 is 5.97 Å². The molecule has 120 valence electrons. The molecule has 4 rings (SSSR count). The van der Waals surface area contributed by atoms with Gasteiger partial charge in [-0.1, -0.05) is 12.1 Å². The summed E-state index contributed by atoms with van der Waals surface area (Å²) in [5.74, 6) is -0.247. The molecule has 0 spiro atoms. The van der Waals surface area contributed by atoms with E-state index in [0.717, 1.165) is 33.3 Å². The van der Waals surface area contributed by atoms with Crippen molar-refractivity contribution < 1.29 is 9.90 Å². The predicted octanol–water partition coefficient (Wildman–Crippen LogP) is 2.86. The van der Waals surface area contributed by atoms with Crippen molar-refractivity contribution in [3.05, 3.63) is 42.2 Å². The second-order valence-electron chi connectivity index (χ2n) is 5.59. The Hall–Kier alpha value is -3.35. The zero-order valence-corrected chi connectivity index (χ0v) is 13.2. The molecule has 0 aliphatic rings. The monoisotopic (exact) mass is 321 g/mol. The van der Waals surface area contributed by atoms with Crippen LogP contribution in [0.1, 0.15) is 10.4 Å². The molecule has 7 heteroatoms. The zero-order valence-electron chi connectivity index (χ0n) is 13.2. The lowest BCUT2D eigenvalue weighted by Gasteiger charge is -2.02. The first-order valence-corrected chi connectivity index (χ1v) is 7.43. The van der Waals surface area contributed by atoms with Crippen LogP contribution in [0.3, 0.4) is 0 Å². The topological polar surface area (TPSA) is 95.8 Å². The van der Waals surface area contributed by atoms with Gasteiger partial charge in [0.1, 0.15) is 11.2 Å². The highest BCUT2D eigenvalue weighted by Crippen LogP contribution is 2.31. The van der Waals surface area contributed by atoms with Gasteiger partial charge in [0.25, 0.3) is 0 Å². The molecule has 7 nitrogen and oxygen atoms in total. The maximum absolute atomic E-state index is 11.2. The van der Waals surface area contributed by atoms with E-state index in [0.29, 0.717) is 5.82 Å². The molecule has 0 fully saturated rings. The lowest BCUT2D eigenvalue weighted by molar-refractivity contribution is 0.0697. The second kappa shape index (κ2) is 5.09. The van der Waals surface area contributed by atoms with Crippen LogP contribution < -0.4 is 5.32 Å². The minimum Gasteiger partial charge on any atom is -0.478 e. The van der Waals surface area contributed by atoms with Crippen molar-refractivity contribution in [2.24, 2.45) is 7.05 Å². The third kappa shape index (κ3) is 2.02. The Labute approximate surface area is 137 Å². The van der Waals surface area contributed by atoms with Gasteiger partial charge in [-0.3, -0.25) is 0 Å². The Morgan fingerprint density at radius 3 is 2.92 bits per heavy atom. The zero-order chi connectivity index (χ0) is 16.8. The van der Waals surface area contributed by atoms with Gasteiger partial charge in [0.05, 0.1) is 17.4 Å². The number of aromatic carboxylic acids is 1. The Balaban J connectivity index is 1.99. The van der Waals surface area contributed by atoms with Crippen molar-refractivity contribution in [2.75, 3.05) is 12.4 Å². The van der Waals surface area contributed by atoms with E-state index in [4.69, 9.17) is 0 Å². The maximum atomic E-state index is 11.2. The summed E-state index contributed by atoms with van der Waals surface area (Å²) in [7, 11) is 3.74. The van der Waals surface area contributed by atoms with Gasteiger partial charge in [-0.15, -0.1) is 0 Å². The first kappa shape index (κ1) is 14.3. The number of aromatic amines is 1. The summed E-state index contributed by atoms with van der Waals surface area (Å²) >= 11 is 0. The molecule has 0 atom stereocenters. The smallest absolute Gasteiger partial charge is 0.335 e. The SMILES string of the molecule is CNc1nc2[nH]c(-c3cccc(C(=O)O)c3)cc2c2c1ncn2C. The molecule has 3 aromatic heterocycles. The van der Waals surface area contributed by atoms with Crippen LogP contribution in [0.2, 0.25) is 0 Å². The van der Waals surface area contributed by atoms with E-state index in [1.54, 1.807) is 24.5 Å². The van der Waals surface area contributed by atoms with Gasteiger partial charge < -0.3 is 20.0 Å². The first-order valence-electron chi connectivity index (χ1n) is 7.43. The van der Waals surface area contributed by atoms with Crippen LogP contribution in [0.25, 0.3) is 33.3 Å². The van der Waals surface area contributed by atoms with Crippen LogP contribution in [0.4, 0.5) is 5.82 Å². The van der Waals surface area contributed by atoms with Gasteiger partial charge >= 0.3 is 5.97 Å². The van der Waals surface area contributed by atoms with Crippen LogP contribution in [-0.2, 0) is 7.05 Å². The minimum absolute atomic E-state index is 0.251. The van der Waals surface area contributed by atoms with Crippen LogP contribution >= 0.6 is 0 Å². The van der Waals surface area contributed by atoms with E-state index in [1.807, 2.05) is 30.8 Å². The molecule has 4 aromatic rings. The predicted molar refractivity (Wildman–Crippen MR) is 92.3 cm³/mol. The third-order valence-electron chi connectivity index (χ3n) is 4.09. The molecule has 0 amide bonds. The molecule has 0 aliphatic heterocycles. The van der Waals surface area contributed by atoms with Crippen molar-refractivity contribution in [3.63, 3.8) is 0 Å².